The summed E-state index contributed by atoms with van der Waals surface area (Å²) in [7, 11) is 0. The van der Waals surface area contributed by atoms with Crippen molar-refractivity contribution >= 4 is 33.0 Å². The summed E-state index contributed by atoms with van der Waals surface area (Å²) in [5.74, 6) is -1.99. The maximum absolute atomic E-state index is 12.1. The molecule has 2 aromatic heterocycles. The van der Waals surface area contributed by atoms with Gasteiger partial charge in [-0.15, -0.1) is 16.4 Å². The van der Waals surface area contributed by atoms with E-state index in [1.54, 1.807) is 0 Å². The predicted octanol–water partition coefficient (Wildman–Crippen LogP) is 2.90. The second kappa shape index (κ2) is 4.81. The fraction of sp³-hybridized carbons (Fsp3) is 0.222. The van der Waals surface area contributed by atoms with Gasteiger partial charge in [0.25, 0.3) is 5.78 Å². The number of Topliss-reactive ketones (excluding diaryl/α,β-unsaturated/α-hetero) is 1. The van der Waals surface area contributed by atoms with Crippen LogP contribution in [0.1, 0.15) is 15.4 Å². The Balaban J connectivity index is 2.14. The zero-order chi connectivity index (χ0) is 13.3. The molecule has 2 heterocycles. The van der Waals surface area contributed by atoms with Crippen LogP contribution in [0.5, 0.6) is 0 Å². The molecular formula is C9H5BrF3N3OS. The summed E-state index contributed by atoms with van der Waals surface area (Å²) in [6, 6.07) is 3.63. The topological polar surface area (TPSA) is 47.8 Å². The van der Waals surface area contributed by atoms with Gasteiger partial charge in [-0.3, -0.25) is 4.79 Å². The van der Waals surface area contributed by atoms with Crippen molar-refractivity contribution in [3.05, 3.63) is 32.7 Å². The van der Waals surface area contributed by atoms with E-state index < -0.39 is 17.7 Å². The summed E-state index contributed by atoms with van der Waals surface area (Å²) in [6.07, 6.45) is -3.93. The number of rotatable bonds is 3. The number of ketones is 1. The SMILES string of the molecule is O=C(c1cn(Cc2ccc(Br)s2)nn1)C(F)(F)F. The van der Waals surface area contributed by atoms with Crippen LogP contribution in [0.2, 0.25) is 0 Å². The molecular weight excluding hydrogens is 335 g/mol. The summed E-state index contributed by atoms with van der Waals surface area (Å²) in [6.45, 7) is 0.272. The third kappa shape index (κ3) is 2.96. The van der Waals surface area contributed by atoms with Gasteiger partial charge < -0.3 is 0 Å². The van der Waals surface area contributed by atoms with E-state index in [-0.39, 0.29) is 6.54 Å². The fourth-order valence-electron chi connectivity index (χ4n) is 1.22. The first-order valence-corrected chi connectivity index (χ1v) is 6.23. The van der Waals surface area contributed by atoms with Crippen molar-refractivity contribution in [3.63, 3.8) is 0 Å². The maximum Gasteiger partial charge on any atom is 0.456 e. The zero-order valence-corrected chi connectivity index (χ0v) is 11.0. The van der Waals surface area contributed by atoms with Crippen molar-refractivity contribution < 1.29 is 18.0 Å². The van der Waals surface area contributed by atoms with E-state index >= 15 is 0 Å². The smallest absolute Gasteiger partial charge is 0.282 e. The summed E-state index contributed by atoms with van der Waals surface area (Å²) >= 11 is 4.70. The third-order valence-corrected chi connectivity index (χ3v) is 3.58. The van der Waals surface area contributed by atoms with Crippen LogP contribution < -0.4 is 0 Å². The van der Waals surface area contributed by atoms with Crippen LogP contribution in [0, 0.1) is 0 Å². The molecule has 0 fully saturated rings. The van der Waals surface area contributed by atoms with Gasteiger partial charge in [-0.1, -0.05) is 5.21 Å². The second-order valence-corrected chi connectivity index (χ2v) is 5.88. The molecule has 0 aromatic carbocycles. The summed E-state index contributed by atoms with van der Waals surface area (Å²) in [5, 5.41) is 6.71. The van der Waals surface area contributed by atoms with Crippen LogP contribution in [0.15, 0.2) is 22.1 Å². The number of hydrogen-bond donors (Lipinski definition) is 0. The van der Waals surface area contributed by atoms with E-state index in [1.165, 1.54) is 16.0 Å². The molecule has 0 aliphatic rings. The number of carbonyl (C=O) groups is 1. The predicted molar refractivity (Wildman–Crippen MR) is 61.5 cm³/mol. The summed E-state index contributed by atoms with van der Waals surface area (Å²) in [4.78, 5) is 11.8. The Bertz CT molecular complexity index is 578. The average molecular weight is 340 g/mol. The second-order valence-electron chi connectivity index (χ2n) is 3.33. The Kier molecular flexibility index (Phi) is 3.53. The van der Waals surface area contributed by atoms with Crippen LogP contribution in [-0.4, -0.2) is 27.0 Å². The Morgan fingerprint density at radius 3 is 2.72 bits per heavy atom. The Morgan fingerprint density at radius 2 is 2.17 bits per heavy atom. The Hall–Kier alpha value is -1.22. The highest BCUT2D eigenvalue weighted by molar-refractivity contribution is 9.11. The fourth-order valence-corrected chi connectivity index (χ4v) is 2.70. The largest absolute Gasteiger partial charge is 0.456 e. The van der Waals surface area contributed by atoms with Crippen molar-refractivity contribution in [2.75, 3.05) is 0 Å². The van der Waals surface area contributed by atoms with Crippen LogP contribution >= 0.6 is 27.3 Å². The minimum absolute atomic E-state index is 0.272. The average Bonchev–Trinajstić information content (AvgIpc) is 2.86. The van der Waals surface area contributed by atoms with Crippen molar-refractivity contribution in [2.45, 2.75) is 12.7 Å². The van der Waals surface area contributed by atoms with Gasteiger partial charge in [-0.2, -0.15) is 13.2 Å². The molecule has 0 aliphatic heterocycles. The lowest BCUT2D eigenvalue weighted by molar-refractivity contribution is -0.0888. The highest BCUT2D eigenvalue weighted by Crippen LogP contribution is 2.23. The minimum atomic E-state index is -4.92. The van der Waals surface area contributed by atoms with E-state index in [9.17, 15) is 18.0 Å². The molecule has 0 bridgehead atoms. The molecule has 0 aliphatic carbocycles. The molecule has 18 heavy (non-hydrogen) atoms. The van der Waals surface area contributed by atoms with Crippen molar-refractivity contribution in [1.82, 2.24) is 15.0 Å². The number of halogens is 4. The number of hydrogen-bond acceptors (Lipinski definition) is 4. The lowest BCUT2D eigenvalue weighted by Crippen LogP contribution is -2.23. The normalized spacial score (nSPS) is 11.8. The molecule has 0 atom stereocenters. The molecule has 0 N–H and O–H groups in total. The van der Waals surface area contributed by atoms with Gasteiger partial charge in [-0.05, 0) is 28.1 Å². The van der Waals surface area contributed by atoms with Gasteiger partial charge in [0.05, 0.1) is 16.5 Å². The van der Waals surface area contributed by atoms with Gasteiger partial charge in [-0.25, -0.2) is 4.68 Å². The molecule has 0 unspecified atom stereocenters. The minimum Gasteiger partial charge on any atom is -0.282 e. The summed E-state index contributed by atoms with van der Waals surface area (Å²) < 4.78 is 38.5. The Labute approximate surface area is 112 Å². The van der Waals surface area contributed by atoms with E-state index in [4.69, 9.17) is 0 Å². The van der Waals surface area contributed by atoms with Gasteiger partial charge >= 0.3 is 6.18 Å². The van der Waals surface area contributed by atoms with Crippen molar-refractivity contribution in [2.24, 2.45) is 0 Å². The number of alkyl halides is 3. The number of aromatic nitrogens is 3. The van der Waals surface area contributed by atoms with E-state index in [0.717, 1.165) is 14.9 Å². The molecule has 0 spiro atoms. The number of thiophene rings is 1. The maximum atomic E-state index is 12.1. The van der Waals surface area contributed by atoms with Crippen molar-refractivity contribution in [3.8, 4) is 0 Å². The standard InChI is InChI=1S/C9H5BrF3N3OS/c10-7-2-1-5(18-7)3-16-4-6(14-15-16)8(17)9(11,12)13/h1-2,4H,3H2. The van der Waals surface area contributed by atoms with Crippen molar-refractivity contribution in [1.29, 1.82) is 0 Å². The molecule has 2 rings (SSSR count). The molecule has 0 saturated heterocycles. The van der Waals surface area contributed by atoms with E-state index in [0.29, 0.717) is 0 Å². The molecule has 4 nitrogen and oxygen atoms in total. The lowest BCUT2D eigenvalue weighted by atomic mass is 10.3. The Morgan fingerprint density at radius 1 is 1.44 bits per heavy atom. The van der Waals surface area contributed by atoms with Crippen LogP contribution in [-0.2, 0) is 6.54 Å². The monoisotopic (exact) mass is 339 g/mol. The highest BCUT2D eigenvalue weighted by Gasteiger charge is 2.41. The molecule has 2 aromatic rings. The van der Waals surface area contributed by atoms with Crippen LogP contribution in [0.25, 0.3) is 0 Å². The zero-order valence-electron chi connectivity index (χ0n) is 8.61. The van der Waals surface area contributed by atoms with Crippen LogP contribution in [0.3, 0.4) is 0 Å². The lowest BCUT2D eigenvalue weighted by Gasteiger charge is -2.00. The third-order valence-electron chi connectivity index (χ3n) is 1.98. The van der Waals surface area contributed by atoms with Gasteiger partial charge in [0, 0.05) is 4.88 Å². The number of nitrogens with zero attached hydrogens (tertiary/aromatic N) is 3. The van der Waals surface area contributed by atoms with E-state index in [1.807, 2.05) is 12.1 Å². The molecule has 9 heteroatoms. The van der Waals surface area contributed by atoms with Gasteiger partial charge in [0.15, 0.2) is 5.69 Å². The molecule has 96 valence electrons. The molecule has 0 radical (unpaired) electrons. The number of carbonyl (C=O) groups excluding carboxylic acids is 1. The summed E-state index contributed by atoms with van der Waals surface area (Å²) in [5.41, 5.74) is -0.696. The first-order chi connectivity index (χ1) is 8.36. The van der Waals surface area contributed by atoms with E-state index in [2.05, 4.69) is 26.2 Å². The van der Waals surface area contributed by atoms with Gasteiger partial charge in [0.2, 0.25) is 0 Å². The first kappa shape index (κ1) is 13.2. The molecule has 0 saturated carbocycles. The first-order valence-electron chi connectivity index (χ1n) is 4.62. The molecule has 0 amide bonds. The van der Waals surface area contributed by atoms with Crippen LogP contribution in [0.4, 0.5) is 13.2 Å². The quantitative estimate of drug-likeness (QED) is 0.808. The highest BCUT2D eigenvalue weighted by atomic mass is 79.9. The van der Waals surface area contributed by atoms with Gasteiger partial charge in [0.1, 0.15) is 0 Å².